The van der Waals surface area contributed by atoms with Crippen molar-refractivity contribution in [2.24, 2.45) is 7.05 Å². The summed E-state index contributed by atoms with van der Waals surface area (Å²) in [5.41, 5.74) is 4.88. The normalized spacial score (nSPS) is 11.4. The quantitative estimate of drug-likeness (QED) is 0.237. The number of aromatic nitrogens is 5. The number of nitrogens with two attached hydrogens (primary N) is 1. The second-order valence-electron chi connectivity index (χ2n) is 9.10. The fourth-order valence-corrected chi connectivity index (χ4v) is 4.16. The van der Waals surface area contributed by atoms with Crippen LogP contribution in [0.25, 0.3) is 11.2 Å². The number of ether oxygens (including phenoxy) is 2. The third-order valence-electron chi connectivity index (χ3n) is 6.20. The van der Waals surface area contributed by atoms with Crippen LogP contribution >= 0.6 is 0 Å². The molecule has 0 spiro atoms. The highest BCUT2D eigenvalue weighted by atomic mass is 19.4. The average molecular weight is 577 g/mol. The number of halogens is 3. The number of rotatable bonds is 9. The summed E-state index contributed by atoms with van der Waals surface area (Å²) in [5.74, 6) is 0.615. The highest BCUT2D eigenvalue weighted by Gasteiger charge is 2.32. The summed E-state index contributed by atoms with van der Waals surface area (Å²) in [5, 5.41) is 12.6. The third-order valence-corrected chi connectivity index (χ3v) is 6.20. The molecule has 0 aliphatic rings. The summed E-state index contributed by atoms with van der Waals surface area (Å²) in [7, 11) is 1.53. The Morgan fingerprint density at radius 2 is 1.93 bits per heavy atom. The lowest BCUT2D eigenvalue weighted by atomic mass is 10.2. The Kier molecular flexibility index (Phi) is 7.76. The Balaban J connectivity index is 1.45. The number of pyridine rings is 3. The van der Waals surface area contributed by atoms with Crippen LogP contribution in [0, 0.1) is 11.3 Å². The molecular weight excluding hydrogens is 553 g/mol. The largest absolute Gasteiger partial charge is 0.454 e. The van der Waals surface area contributed by atoms with E-state index in [-0.39, 0.29) is 59.7 Å². The lowest BCUT2D eigenvalue weighted by Gasteiger charge is -2.15. The van der Waals surface area contributed by atoms with E-state index in [1.807, 2.05) is 30.3 Å². The van der Waals surface area contributed by atoms with Gasteiger partial charge in [0.25, 0.3) is 5.56 Å². The lowest BCUT2D eigenvalue weighted by molar-refractivity contribution is -0.138. The van der Waals surface area contributed by atoms with Gasteiger partial charge < -0.3 is 29.7 Å². The molecule has 14 heteroatoms. The van der Waals surface area contributed by atoms with Crippen LogP contribution in [-0.2, 0) is 31.1 Å². The van der Waals surface area contributed by atoms with Crippen LogP contribution in [0.2, 0.25) is 0 Å². The van der Waals surface area contributed by atoms with Gasteiger partial charge in [-0.3, -0.25) is 4.79 Å². The van der Waals surface area contributed by atoms with Crippen LogP contribution < -0.4 is 21.3 Å². The first kappa shape index (κ1) is 28.1. The monoisotopic (exact) mass is 576 g/mol. The molecule has 11 nitrogen and oxygen atoms in total. The van der Waals surface area contributed by atoms with Crippen molar-refractivity contribution in [3.8, 4) is 17.6 Å². The molecule has 214 valence electrons. The second kappa shape index (κ2) is 11.6. The Bertz CT molecular complexity index is 1850. The molecule has 0 bridgehead atoms. The van der Waals surface area contributed by atoms with Gasteiger partial charge in [0.15, 0.2) is 11.4 Å². The van der Waals surface area contributed by atoms with E-state index >= 15 is 0 Å². The molecule has 5 rings (SSSR count). The topological polar surface area (TPSA) is 146 Å². The highest BCUT2D eigenvalue weighted by molar-refractivity contribution is 5.84. The van der Waals surface area contributed by atoms with Crippen molar-refractivity contribution in [2.45, 2.75) is 19.3 Å². The van der Waals surface area contributed by atoms with Gasteiger partial charge in [-0.1, -0.05) is 30.3 Å². The predicted octanol–water partition coefficient (Wildman–Crippen LogP) is 4.75. The minimum atomic E-state index is -4.72. The summed E-state index contributed by atoms with van der Waals surface area (Å²) in [6.07, 6.45) is -1.24. The van der Waals surface area contributed by atoms with Gasteiger partial charge in [-0.2, -0.15) is 23.4 Å². The Morgan fingerprint density at radius 1 is 1.14 bits per heavy atom. The fraction of sp³-hybridized carbons (Fsp3) is 0.179. The minimum absolute atomic E-state index is 0.00317. The number of benzene rings is 1. The molecular formula is C28H23F3N8O3. The molecule has 4 heterocycles. The van der Waals surface area contributed by atoms with Gasteiger partial charge in [0.1, 0.15) is 34.4 Å². The smallest absolute Gasteiger partial charge is 0.417 e. The fourth-order valence-electron chi connectivity index (χ4n) is 4.16. The van der Waals surface area contributed by atoms with Crippen LogP contribution in [0.1, 0.15) is 16.7 Å². The van der Waals surface area contributed by atoms with Gasteiger partial charge in [-0.25, -0.2) is 9.97 Å². The van der Waals surface area contributed by atoms with E-state index in [9.17, 15) is 23.2 Å². The van der Waals surface area contributed by atoms with Crippen molar-refractivity contribution in [1.29, 1.82) is 5.26 Å². The lowest BCUT2D eigenvalue weighted by Crippen LogP contribution is -2.26. The number of nitrogens with zero attached hydrogens (tertiary/aromatic N) is 6. The number of fused-ring (bicyclic) bond motifs is 1. The third kappa shape index (κ3) is 6.01. The minimum Gasteiger partial charge on any atom is -0.454 e. The number of hydrogen-bond acceptors (Lipinski definition) is 9. The Hall–Kier alpha value is -5.42. The van der Waals surface area contributed by atoms with Gasteiger partial charge in [0.2, 0.25) is 5.95 Å². The Labute approximate surface area is 236 Å². The number of alkyl halides is 3. The van der Waals surface area contributed by atoms with Crippen molar-refractivity contribution < 1.29 is 22.6 Å². The first-order valence-electron chi connectivity index (χ1n) is 12.5. The van der Waals surface area contributed by atoms with E-state index in [4.69, 9.17) is 15.2 Å². The van der Waals surface area contributed by atoms with Crippen LogP contribution in [0.4, 0.5) is 30.6 Å². The molecule has 0 aliphatic carbocycles. The van der Waals surface area contributed by atoms with E-state index in [0.29, 0.717) is 11.8 Å². The van der Waals surface area contributed by atoms with Gasteiger partial charge in [-0.15, -0.1) is 0 Å². The van der Waals surface area contributed by atoms with Crippen molar-refractivity contribution in [2.75, 3.05) is 17.7 Å². The Morgan fingerprint density at radius 3 is 2.64 bits per heavy atom. The molecule has 3 N–H and O–H groups in total. The first-order chi connectivity index (χ1) is 20.1. The maximum Gasteiger partial charge on any atom is 0.417 e. The molecule has 42 heavy (non-hydrogen) atoms. The molecule has 1 aromatic carbocycles. The van der Waals surface area contributed by atoms with Gasteiger partial charge in [0.05, 0.1) is 25.0 Å². The van der Waals surface area contributed by atoms with E-state index in [1.54, 1.807) is 6.07 Å². The summed E-state index contributed by atoms with van der Waals surface area (Å²) in [4.78, 5) is 25.6. The molecule has 0 aliphatic heterocycles. The molecule has 0 saturated heterocycles. The number of nitrogen functional groups attached to an aromatic ring is 1. The van der Waals surface area contributed by atoms with Gasteiger partial charge in [-0.05, 0) is 17.7 Å². The number of aryl methyl sites for hydroxylation is 1. The van der Waals surface area contributed by atoms with Crippen molar-refractivity contribution in [1.82, 2.24) is 24.1 Å². The highest BCUT2D eigenvalue weighted by Crippen LogP contribution is 2.33. The maximum absolute atomic E-state index is 13.8. The zero-order chi connectivity index (χ0) is 29.9. The predicted molar refractivity (Wildman–Crippen MR) is 147 cm³/mol. The number of nitrogens with one attached hydrogen (secondary N) is 1. The summed E-state index contributed by atoms with van der Waals surface area (Å²) < 4.78 is 54.9. The van der Waals surface area contributed by atoms with E-state index in [0.717, 1.165) is 16.3 Å². The maximum atomic E-state index is 13.8. The standard InChI is InChI=1S/C28H23F3N8O3/c1-38-24-20(13-32)22(42-19-7-8-34-23(33)12-19)14-35-25(24)37-27(38)36-21-11-18(28(29,30)31)15-39(26(21)40)9-10-41-16-17-5-3-2-4-6-17/h2-8,11-12,14-15H,9-10,16H2,1H3,(H2,33,34)(H,35,36,37). The summed E-state index contributed by atoms with van der Waals surface area (Å²) in [6, 6.07) is 15.0. The summed E-state index contributed by atoms with van der Waals surface area (Å²) >= 11 is 0. The molecule has 0 saturated carbocycles. The van der Waals surface area contributed by atoms with Crippen molar-refractivity contribution >= 4 is 28.6 Å². The van der Waals surface area contributed by atoms with Crippen LogP contribution in [0.15, 0.2) is 71.9 Å². The average Bonchev–Trinajstić information content (AvgIpc) is 3.27. The molecule has 0 radical (unpaired) electrons. The number of imidazole rings is 1. The molecule has 0 unspecified atom stereocenters. The van der Waals surface area contributed by atoms with E-state index in [1.165, 1.54) is 30.1 Å². The van der Waals surface area contributed by atoms with E-state index < -0.39 is 17.3 Å². The zero-order valence-electron chi connectivity index (χ0n) is 22.1. The zero-order valence-corrected chi connectivity index (χ0v) is 22.1. The van der Waals surface area contributed by atoms with Crippen molar-refractivity contribution in [3.63, 3.8) is 0 Å². The molecule has 4 aromatic heterocycles. The van der Waals surface area contributed by atoms with E-state index in [2.05, 4.69) is 26.3 Å². The van der Waals surface area contributed by atoms with Crippen LogP contribution in [0.5, 0.6) is 11.5 Å². The molecule has 5 aromatic rings. The van der Waals surface area contributed by atoms with Crippen molar-refractivity contribution in [3.05, 3.63) is 94.2 Å². The van der Waals surface area contributed by atoms with Gasteiger partial charge in [0, 0.05) is 32.1 Å². The molecule has 0 amide bonds. The molecule has 0 fully saturated rings. The number of hydrogen-bond donors (Lipinski definition) is 2. The number of nitriles is 1. The second-order valence-corrected chi connectivity index (χ2v) is 9.10. The van der Waals surface area contributed by atoms with Crippen LogP contribution in [-0.4, -0.2) is 30.7 Å². The van der Waals surface area contributed by atoms with Crippen LogP contribution in [0.3, 0.4) is 0 Å². The molecule has 0 atom stereocenters. The first-order valence-corrected chi connectivity index (χ1v) is 12.5. The SMILES string of the molecule is Cn1c(Nc2cc(C(F)(F)F)cn(CCOCc3ccccc3)c2=O)nc2ncc(Oc3ccnc(N)c3)c(C#N)c21. The summed E-state index contributed by atoms with van der Waals surface area (Å²) in [6.45, 7) is 0.129. The number of anilines is 3. The van der Waals surface area contributed by atoms with Gasteiger partial charge >= 0.3 is 6.18 Å².